The number of ether oxygens (including phenoxy) is 3. The summed E-state index contributed by atoms with van der Waals surface area (Å²) in [6.07, 6.45) is 1.17. The molecule has 0 bridgehead atoms. The highest BCUT2D eigenvalue weighted by molar-refractivity contribution is 5.95. The van der Waals surface area contributed by atoms with Gasteiger partial charge in [-0.25, -0.2) is 14.4 Å². The van der Waals surface area contributed by atoms with Crippen LogP contribution in [0.2, 0.25) is 0 Å². The van der Waals surface area contributed by atoms with Crippen molar-refractivity contribution in [1.82, 2.24) is 4.90 Å². The Morgan fingerprint density at radius 2 is 1.50 bits per heavy atom. The average molecular weight is 527 g/mol. The number of hydrogen-bond donors (Lipinski definition) is 2. The maximum Gasteiger partial charge on any atom is 0.337 e. The van der Waals surface area contributed by atoms with E-state index in [1.54, 1.807) is 30.3 Å². The summed E-state index contributed by atoms with van der Waals surface area (Å²) in [4.78, 5) is 38.9. The van der Waals surface area contributed by atoms with Crippen LogP contribution in [0.5, 0.6) is 0 Å². The van der Waals surface area contributed by atoms with Gasteiger partial charge in [0.2, 0.25) is 0 Å². The normalized spacial score (nSPS) is 12.4. The molecule has 10 heteroatoms. The van der Waals surface area contributed by atoms with E-state index in [1.165, 1.54) is 27.4 Å². The number of aliphatic hydroxyl groups is 2. The van der Waals surface area contributed by atoms with Crippen LogP contribution >= 0.6 is 0 Å². The molecule has 2 aromatic rings. The Morgan fingerprint density at radius 1 is 0.895 bits per heavy atom. The van der Waals surface area contributed by atoms with Crippen molar-refractivity contribution in [3.63, 3.8) is 0 Å². The van der Waals surface area contributed by atoms with Gasteiger partial charge in [0.05, 0.1) is 51.7 Å². The van der Waals surface area contributed by atoms with E-state index < -0.39 is 23.3 Å². The number of likely N-dealkylation sites (N-methyl/N-ethyl adjacent to an activating group) is 1. The Kier molecular flexibility index (Phi) is 11.4. The number of carbonyl (C=O) groups is 3. The zero-order valence-corrected chi connectivity index (χ0v) is 22.2. The number of nitriles is 1. The first kappa shape index (κ1) is 30.4. The summed E-state index contributed by atoms with van der Waals surface area (Å²) in [6, 6.07) is 11.6. The molecule has 0 amide bonds. The average Bonchev–Trinajstić information content (AvgIpc) is 2.96. The van der Waals surface area contributed by atoms with Gasteiger partial charge in [0.1, 0.15) is 0 Å². The second-order valence-electron chi connectivity index (χ2n) is 8.87. The molecule has 2 aromatic carbocycles. The molecule has 0 saturated heterocycles. The Bertz CT molecular complexity index is 1160. The quantitative estimate of drug-likeness (QED) is 0.294. The summed E-state index contributed by atoms with van der Waals surface area (Å²) in [5, 5.41) is 29.2. The number of benzene rings is 2. The van der Waals surface area contributed by atoms with E-state index in [9.17, 15) is 29.9 Å². The van der Waals surface area contributed by atoms with Crippen molar-refractivity contribution in [2.45, 2.75) is 37.9 Å². The van der Waals surface area contributed by atoms with Gasteiger partial charge in [-0.05, 0) is 73.3 Å². The summed E-state index contributed by atoms with van der Waals surface area (Å²) in [5.74, 6) is -1.81. The van der Waals surface area contributed by atoms with Crippen molar-refractivity contribution in [3.8, 4) is 6.07 Å². The van der Waals surface area contributed by atoms with Gasteiger partial charge in [0, 0.05) is 6.54 Å². The molecule has 38 heavy (non-hydrogen) atoms. The molecule has 0 aliphatic carbocycles. The molecule has 0 aliphatic rings. The molecule has 0 aromatic heterocycles. The molecule has 0 aliphatic heterocycles. The standard InChI is InChI=1S/C28H34N2O8/c1-30(11-8-19-12-21(25(33)36-2)14-22(13-19)26(34)37-3)10-5-9-28(18-29,27(35)38-4)24-7-6-20(16-31)23(15-24)17-32/h6-7,12-15,31-32H,5,8-11,16-17H2,1-4H3. The van der Waals surface area contributed by atoms with Gasteiger partial charge in [-0.15, -0.1) is 0 Å². The van der Waals surface area contributed by atoms with Crippen LogP contribution in [-0.2, 0) is 44.1 Å². The maximum absolute atomic E-state index is 12.8. The molecule has 1 atom stereocenters. The number of carbonyl (C=O) groups excluding carboxylic acids is 3. The second kappa shape index (κ2) is 14.2. The van der Waals surface area contributed by atoms with Crippen molar-refractivity contribution >= 4 is 17.9 Å². The van der Waals surface area contributed by atoms with Gasteiger partial charge in [-0.3, -0.25) is 0 Å². The zero-order chi connectivity index (χ0) is 28.3. The third-order valence-electron chi connectivity index (χ3n) is 6.47. The number of nitrogens with zero attached hydrogens (tertiary/aromatic N) is 2. The van der Waals surface area contributed by atoms with E-state index in [4.69, 9.17) is 14.2 Å². The fourth-order valence-corrected chi connectivity index (χ4v) is 4.25. The highest BCUT2D eigenvalue weighted by atomic mass is 16.5. The minimum atomic E-state index is -1.57. The zero-order valence-electron chi connectivity index (χ0n) is 22.2. The number of aliphatic hydroxyl groups excluding tert-OH is 2. The lowest BCUT2D eigenvalue weighted by atomic mass is 9.77. The first-order valence-electron chi connectivity index (χ1n) is 12.0. The van der Waals surface area contributed by atoms with Crippen molar-refractivity contribution in [2.24, 2.45) is 0 Å². The number of esters is 3. The summed E-state index contributed by atoms with van der Waals surface area (Å²) < 4.78 is 14.5. The summed E-state index contributed by atoms with van der Waals surface area (Å²) in [7, 11) is 5.64. The Hall–Kier alpha value is -3.78. The molecule has 0 radical (unpaired) electrons. The van der Waals surface area contributed by atoms with Crippen LogP contribution in [0.25, 0.3) is 0 Å². The van der Waals surface area contributed by atoms with E-state index in [-0.39, 0.29) is 30.8 Å². The van der Waals surface area contributed by atoms with Crippen LogP contribution in [0.3, 0.4) is 0 Å². The lowest BCUT2D eigenvalue weighted by molar-refractivity contribution is -0.145. The smallest absolute Gasteiger partial charge is 0.337 e. The van der Waals surface area contributed by atoms with Crippen molar-refractivity contribution < 1.29 is 38.8 Å². The Morgan fingerprint density at radius 3 is 2.00 bits per heavy atom. The Balaban J connectivity index is 2.14. The molecule has 2 rings (SSSR count). The van der Waals surface area contributed by atoms with E-state index in [2.05, 4.69) is 6.07 Å². The van der Waals surface area contributed by atoms with Crippen LogP contribution in [0.1, 0.15) is 55.8 Å². The maximum atomic E-state index is 12.8. The summed E-state index contributed by atoms with van der Waals surface area (Å²) in [5.41, 5.74) is 1.02. The van der Waals surface area contributed by atoms with Crippen LogP contribution in [0, 0.1) is 11.3 Å². The van der Waals surface area contributed by atoms with Gasteiger partial charge in [-0.1, -0.05) is 18.2 Å². The van der Waals surface area contributed by atoms with Crippen LogP contribution in [0.15, 0.2) is 36.4 Å². The number of rotatable bonds is 13. The monoisotopic (exact) mass is 526 g/mol. The summed E-state index contributed by atoms with van der Waals surface area (Å²) >= 11 is 0. The molecule has 0 spiro atoms. The van der Waals surface area contributed by atoms with Gasteiger partial charge in [-0.2, -0.15) is 5.26 Å². The van der Waals surface area contributed by atoms with Crippen LogP contribution < -0.4 is 0 Å². The fraction of sp³-hybridized carbons (Fsp3) is 0.429. The highest BCUT2D eigenvalue weighted by Crippen LogP contribution is 2.32. The Labute approximate surface area is 222 Å². The first-order valence-corrected chi connectivity index (χ1v) is 12.0. The first-order chi connectivity index (χ1) is 18.2. The topological polar surface area (TPSA) is 146 Å². The van der Waals surface area contributed by atoms with E-state index in [0.29, 0.717) is 42.6 Å². The van der Waals surface area contributed by atoms with E-state index in [1.807, 2.05) is 11.9 Å². The van der Waals surface area contributed by atoms with E-state index >= 15 is 0 Å². The molecule has 1 unspecified atom stereocenters. The van der Waals surface area contributed by atoms with Crippen molar-refractivity contribution in [2.75, 3.05) is 41.5 Å². The van der Waals surface area contributed by atoms with Gasteiger partial charge >= 0.3 is 17.9 Å². The van der Waals surface area contributed by atoms with Gasteiger partial charge < -0.3 is 29.3 Å². The fourth-order valence-electron chi connectivity index (χ4n) is 4.25. The number of methoxy groups -OCH3 is 3. The van der Waals surface area contributed by atoms with Crippen LogP contribution in [-0.4, -0.2) is 74.5 Å². The minimum Gasteiger partial charge on any atom is -0.468 e. The third-order valence-corrected chi connectivity index (χ3v) is 6.47. The molecule has 204 valence electrons. The predicted octanol–water partition coefficient (Wildman–Crippen LogP) is 2.13. The van der Waals surface area contributed by atoms with Gasteiger partial charge in [0.15, 0.2) is 5.41 Å². The van der Waals surface area contributed by atoms with Crippen LogP contribution in [0.4, 0.5) is 0 Å². The molecular formula is C28H34N2O8. The number of hydrogen-bond acceptors (Lipinski definition) is 10. The van der Waals surface area contributed by atoms with Crippen molar-refractivity contribution in [3.05, 3.63) is 69.8 Å². The largest absolute Gasteiger partial charge is 0.468 e. The predicted molar refractivity (Wildman–Crippen MR) is 137 cm³/mol. The second-order valence-corrected chi connectivity index (χ2v) is 8.87. The molecular weight excluding hydrogens is 492 g/mol. The summed E-state index contributed by atoms with van der Waals surface area (Å²) in [6.45, 7) is 0.498. The van der Waals surface area contributed by atoms with E-state index in [0.717, 1.165) is 5.56 Å². The van der Waals surface area contributed by atoms with Gasteiger partial charge in [0.25, 0.3) is 0 Å². The lowest BCUT2D eigenvalue weighted by Gasteiger charge is -2.26. The molecule has 10 nitrogen and oxygen atoms in total. The third kappa shape index (κ3) is 7.16. The molecule has 0 fully saturated rings. The highest BCUT2D eigenvalue weighted by Gasteiger charge is 2.42. The lowest BCUT2D eigenvalue weighted by Crippen LogP contribution is -2.37. The molecule has 0 heterocycles. The molecule has 2 N–H and O–H groups in total. The van der Waals surface area contributed by atoms with Crippen molar-refractivity contribution in [1.29, 1.82) is 5.26 Å². The molecule has 0 saturated carbocycles. The SMILES string of the molecule is COC(=O)c1cc(CCN(C)CCCC(C#N)(C(=O)OC)c2ccc(CO)c(CO)c2)cc(C(=O)OC)c1. The minimum absolute atomic E-state index is 0.175.